The third-order valence-corrected chi connectivity index (χ3v) is 6.50. The van der Waals surface area contributed by atoms with E-state index in [1.54, 1.807) is 6.07 Å². The fourth-order valence-electron chi connectivity index (χ4n) is 2.72. The molecule has 0 radical (unpaired) electrons. The van der Waals surface area contributed by atoms with Crippen LogP contribution in [0.4, 0.5) is 0 Å². The number of benzene rings is 1. The van der Waals surface area contributed by atoms with E-state index in [2.05, 4.69) is 19.9 Å². The summed E-state index contributed by atoms with van der Waals surface area (Å²) in [6.45, 7) is 12.6. The summed E-state index contributed by atoms with van der Waals surface area (Å²) in [7, 11) is -3.58. The zero-order chi connectivity index (χ0) is 17.8. The molecule has 0 bridgehead atoms. The summed E-state index contributed by atoms with van der Waals surface area (Å²) in [5.41, 5.74) is 2.21. The van der Waals surface area contributed by atoms with E-state index < -0.39 is 10.0 Å². The molecule has 1 aromatic carbocycles. The molecule has 5 heteroatoms. The van der Waals surface area contributed by atoms with Crippen molar-refractivity contribution in [1.29, 1.82) is 5.26 Å². The highest BCUT2D eigenvalue weighted by atomic mass is 32.2. The topological polar surface area (TPSA) is 61.2 Å². The lowest BCUT2D eigenvalue weighted by atomic mass is 9.90. The zero-order valence-corrected chi connectivity index (χ0v) is 15.9. The maximum absolute atomic E-state index is 13.0. The lowest BCUT2D eigenvalue weighted by molar-refractivity contribution is 0.444. The minimum atomic E-state index is -3.58. The molecule has 1 unspecified atom stereocenters. The Morgan fingerprint density at radius 2 is 1.65 bits per heavy atom. The van der Waals surface area contributed by atoms with Gasteiger partial charge in [-0.3, -0.25) is 0 Å². The van der Waals surface area contributed by atoms with Gasteiger partial charge in [-0.05, 0) is 35.4 Å². The van der Waals surface area contributed by atoms with Crippen LogP contribution in [0.25, 0.3) is 0 Å². The van der Waals surface area contributed by atoms with Crippen LogP contribution in [0.5, 0.6) is 0 Å². The van der Waals surface area contributed by atoms with Crippen LogP contribution in [-0.2, 0) is 10.0 Å². The highest BCUT2D eigenvalue weighted by Crippen LogP contribution is 2.33. The first kappa shape index (κ1) is 19.7. The number of nitrogens with zero attached hydrogens (tertiary/aromatic N) is 2. The van der Waals surface area contributed by atoms with Crippen molar-refractivity contribution in [3.63, 3.8) is 0 Å². The van der Waals surface area contributed by atoms with Gasteiger partial charge in [-0.15, -0.1) is 0 Å². The Balaban J connectivity index is 3.70. The smallest absolute Gasteiger partial charge is 0.207 e. The van der Waals surface area contributed by atoms with E-state index in [1.807, 2.05) is 33.8 Å². The van der Waals surface area contributed by atoms with Gasteiger partial charge in [0.05, 0.1) is 16.5 Å². The molecule has 0 N–H and O–H groups in total. The van der Waals surface area contributed by atoms with Gasteiger partial charge in [-0.2, -0.15) is 9.57 Å². The number of hydrogen-bond acceptors (Lipinski definition) is 3. The maximum Gasteiger partial charge on any atom is 0.243 e. The third kappa shape index (κ3) is 3.94. The molecule has 0 spiro atoms. The first-order valence-electron chi connectivity index (χ1n) is 8.32. The molecule has 0 aromatic heterocycles. The van der Waals surface area contributed by atoms with Crippen LogP contribution in [-0.4, -0.2) is 25.8 Å². The molecule has 1 atom stereocenters. The summed E-state index contributed by atoms with van der Waals surface area (Å²) in [5.74, 6) is 0.304. The summed E-state index contributed by atoms with van der Waals surface area (Å²) in [6.07, 6.45) is 0.911. The number of rotatable bonds is 7. The highest BCUT2D eigenvalue weighted by molar-refractivity contribution is 7.89. The van der Waals surface area contributed by atoms with E-state index in [0.717, 1.165) is 17.5 Å². The summed E-state index contributed by atoms with van der Waals surface area (Å²) < 4.78 is 27.4. The molecule has 0 aliphatic heterocycles. The Morgan fingerprint density at radius 3 is 2.04 bits per heavy atom. The van der Waals surface area contributed by atoms with Crippen molar-refractivity contribution in [3.05, 3.63) is 28.8 Å². The summed E-state index contributed by atoms with van der Waals surface area (Å²) in [4.78, 5) is 0.278. The largest absolute Gasteiger partial charge is 0.243 e. The maximum atomic E-state index is 13.0. The fourth-order valence-corrected chi connectivity index (χ4v) is 4.53. The molecule has 4 nitrogen and oxygen atoms in total. The van der Waals surface area contributed by atoms with Crippen LogP contribution in [0.1, 0.15) is 76.5 Å². The molecule has 1 aromatic rings. The van der Waals surface area contributed by atoms with Crippen LogP contribution in [0, 0.1) is 11.3 Å². The van der Waals surface area contributed by atoms with Crippen LogP contribution < -0.4 is 0 Å². The van der Waals surface area contributed by atoms with Gasteiger partial charge in [0.15, 0.2) is 0 Å². The Morgan fingerprint density at radius 1 is 1.09 bits per heavy atom. The van der Waals surface area contributed by atoms with E-state index >= 15 is 0 Å². The summed E-state index contributed by atoms with van der Waals surface area (Å²) >= 11 is 0. The second kappa shape index (κ2) is 7.94. The average molecular weight is 337 g/mol. The lowest BCUT2D eigenvalue weighted by Crippen LogP contribution is -2.31. The van der Waals surface area contributed by atoms with E-state index in [-0.39, 0.29) is 16.7 Å². The minimum absolute atomic E-state index is 0.0749. The second-order valence-corrected chi connectivity index (χ2v) is 8.05. The SMILES string of the molecule is CCC(C)c1cc(C(C)C)c(S(=O)(=O)N(CC)CC)cc1C#N. The van der Waals surface area contributed by atoms with Gasteiger partial charge in [0, 0.05) is 13.1 Å². The highest BCUT2D eigenvalue weighted by Gasteiger charge is 2.27. The van der Waals surface area contributed by atoms with Gasteiger partial charge < -0.3 is 0 Å². The van der Waals surface area contributed by atoms with E-state index in [4.69, 9.17) is 0 Å². The van der Waals surface area contributed by atoms with Crippen LogP contribution in [0.2, 0.25) is 0 Å². The lowest BCUT2D eigenvalue weighted by Gasteiger charge is -2.24. The van der Waals surface area contributed by atoms with Crippen molar-refractivity contribution in [1.82, 2.24) is 4.31 Å². The summed E-state index contributed by atoms with van der Waals surface area (Å²) in [5, 5.41) is 9.48. The molecule has 1 rings (SSSR count). The van der Waals surface area contributed by atoms with Crippen molar-refractivity contribution in [2.75, 3.05) is 13.1 Å². The van der Waals surface area contributed by atoms with Gasteiger partial charge in [-0.25, -0.2) is 8.42 Å². The molecule has 0 aliphatic carbocycles. The first-order valence-corrected chi connectivity index (χ1v) is 9.76. The first-order chi connectivity index (χ1) is 10.7. The Bertz CT molecular complexity index is 684. The molecule has 0 amide bonds. The van der Waals surface area contributed by atoms with Crippen LogP contribution in [0.15, 0.2) is 17.0 Å². The molecule has 0 heterocycles. The van der Waals surface area contributed by atoms with E-state index in [0.29, 0.717) is 18.7 Å². The average Bonchev–Trinajstić information content (AvgIpc) is 2.53. The Kier molecular flexibility index (Phi) is 6.79. The van der Waals surface area contributed by atoms with Crippen LogP contribution in [0.3, 0.4) is 0 Å². The van der Waals surface area contributed by atoms with Crippen molar-refractivity contribution in [2.24, 2.45) is 0 Å². The predicted molar refractivity (Wildman–Crippen MR) is 94.1 cm³/mol. The van der Waals surface area contributed by atoms with Crippen molar-refractivity contribution in [3.8, 4) is 6.07 Å². The third-order valence-electron chi connectivity index (χ3n) is 4.39. The Hall–Kier alpha value is -1.38. The van der Waals surface area contributed by atoms with Gasteiger partial charge in [0.1, 0.15) is 0 Å². The van der Waals surface area contributed by atoms with Gasteiger partial charge in [0.25, 0.3) is 0 Å². The van der Waals surface area contributed by atoms with Gasteiger partial charge in [-0.1, -0.05) is 47.6 Å². The van der Waals surface area contributed by atoms with E-state index in [9.17, 15) is 13.7 Å². The summed E-state index contributed by atoms with van der Waals surface area (Å²) in [6, 6.07) is 5.68. The molecule has 128 valence electrons. The number of sulfonamides is 1. The Labute approximate surface area is 141 Å². The zero-order valence-electron chi connectivity index (χ0n) is 15.0. The number of nitriles is 1. The van der Waals surface area contributed by atoms with Crippen molar-refractivity contribution < 1.29 is 8.42 Å². The van der Waals surface area contributed by atoms with Crippen LogP contribution >= 0.6 is 0 Å². The molecule has 0 saturated carbocycles. The standard InChI is InChI=1S/C18H28N2O2S/c1-7-14(6)17-11-16(13(4)5)18(10-15(17)12-19)23(21,22)20(8-2)9-3/h10-11,13-14H,7-9H2,1-6H3. The molecular weight excluding hydrogens is 308 g/mol. The van der Waals surface area contributed by atoms with E-state index in [1.165, 1.54) is 4.31 Å². The monoisotopic (exact) mass is 336 g/mol. The second-order valence-electron chi connectivity index (χ2n) is 6.14. The molecule has 0 saturated heterocycles. The van der Waals surface area contributed by atoms with Gasteiger partial charge >= 0.3 is 0 Å². The molecule has 0 aliphatic rings. The molecule has 0 fully saturated rings. The fraction of sp³-hybridized carbons (Fsp3) is 0.611. The van der Waals surface area contributed by atoms with Crippen molar-refractivity contribution >= 4 is 10.0 Å². The van der Waals surface area contributed by atoms with Gasteiger partial charge in [0.2, 0.25) is 10.0 Å². The molecular formula is C18H28N2O2S. The predicted octanol–water partition coefficient (Wildman–Crippen LogP) is 4.23. The number of hydrogen-bond donors (Lipinski definition) is 0. The quantitative estimate of drug-likeness (QED) is 0.748. The minimum Gasteiger partial charge on any atom is -0.207 e. The normalized spacial score (nSPS) is 13.3. The molecule has 23 heavy (non-hydrogen) atoms. The van der Waals surface area contributed by atoms with Crippen molar-refractivity contribution in [2.45, 2.75) is 64.7 Å².